The summed E-state index contributed by atoms with van der Waals surface area (Å²) >= 11 is 1.21. The standard InChI is InChI=1S/C35H35N3O9S/c1-6-8-26-31(34(40)46-7-2)32(25-19-24(43-3)14-16-27(25)44-4)37-33(39)30(48-35(37)36-26)18-22-11-15-28(29(17-22)45-5)47-20-21-9-12-23(13-10-21)38(41)42/h9-19,32H,6-8,20H2,1-5H3/b30-18-/t32-/m1/s1. The van der Waals surface area contributed by atoms with E-state index in [-0.39, 0.29) is 30.0 Å². The van der Waals surface area contributed by atoms with Gasteiger partial charge >= 0.3 is 5.97 Å². The summed E-state index contributed by atoms with van der Waals surface area (Å²) in [6.07, 6.45) is 2.96. The van der Waals surface area contributed by atoms with E-state index >= 15 is 0 Å². The summed E-state index contributed by atoms with van der Waals surface area (Å²) in [5, 5.41) is 11.0. The molecule has 3 aromatic carbocycles. The molecule has 0 bridgehead atoms. The number of fused-ring (bicyclic) bond motifs is 1. The van der Waals surface area contributed by atoms with E-state index in [1.165, 1.54) is 42.3 Å². The van der Waals surface area contributed by atoms with Gasteiger partial charge in [0, 0.05) is 17.7 Å². The zero-order valence-electron chi connectivity index (χ0n) is 27.2. The molecule has 0 amide bonds. The van der Waals surface area contributed by atoms with Crippen molar-refractivity contribution in [1.29, 1.82) is 0 Å². The molecule has 0 aliphatic carbocycles. The van der Waals surface area contributed by atoms with E-state index < -0.39 is 16.9 Å². The monoisotopic (exact) mass is 673 g/mol. The quantitative estimate of drug-likeness (QED) is 0.108. The molecule has 0 radical (unpaired) electrons. The lowest BCUT2D eigenvalue weighted by Gasteiger charge is -2.27. The van der Waals surface area contributed by atoms with Crippen molar-refractivity contribution in [2.24, 2.45) is 4.99 Å². The Bertz CT molecular complexity index is 2050. The average molecular weight is 674 g/mol. The molecule has 13 heteroatoms. The smallest absolute Gasteiger partial charge is 0.338 e. The lowest BCUT2D eigenvalue weighted by atomic mass is 9.93. The van der Waals surface area contributed by atoms with Crippen molar-refractivity contribution >= 4 is 29.1 Å². The number of esters is 1. The van der Waals surface area contributed by atoms with E-state index in [0.29, 0.717) is 55.6 Å². The Morgan fingerprint density at radius 2 is 1.71 bits per heavy atom. The van der Waals surface area contributed by atoms with Gasteiger partial charge in [0.2, 0.25) is 0 Å². The van der Waals surface area contributed by atoms with E-state index in [9.17, 15) is 19.7 Å². The largest absolute Gasteiger partial charge is 0.497 e. The summed E-state index contributed by atoms with van der Waals surface area (Å²) in [6, 6.07) is 15.8. The summed E-state index contributed by atoms with van der Waals surface area (Å²) in [6.45, 7) is 4.05. The van der Waals surface area contributed by atoms with Gasteiger partial charge in [-0.1, -0.05) is 30.7 Å². The highest BCUT2D eigenvalue weighted by molar-refractivity contribution is 7.07. The van der Waals surface area contributed by atoms with Crippen LogP contribution in [0.5, 0.6) is 23.0 Å². The van der Waals surface area contributed by atoms with Gasteiger partial charge in [-0.2, -0.15) is 0 Å². The van der Waals surface area contributed by atoms with Crippen LogP contribution in [0, 0.1) is 10.1 Å². The fourth-order valence-corrected chi connectivity index (χ4v) is 6.41. The number of benzene rings is 3. The first-order valence-corrected chi connectivity index (χ1v) is 16.0. The van der Waals surface area contributed by atoms with Crippen LogP contribution in [-0.2, 0) is 16.1 Å². The third kappa shape index (κ3) is 6.95. The topological polar surface area (TPSA) is 141 Å². The fraction of sp³-hybridized carbons (Fsp3) is 0.286. The molecule has 0 unspecified atom stereocenters. The summed E-state index contributed by atoms with van der Waals surface area (Å²) in [5.74, 6) is 1.36. The first kappa shape index (κ1) is 33.9. The first-order valence-electron chi connectivity index (χ1n) is 15.2. The van der Waals surface area contributed by atoms with Crippen molar-refractivity contribution in [2.45, 2.75) is 39.3 Å². The van der Waals surface area contributed by atoms with Gasteiger partial charge in [0.15, 0.2) is 16.3 Å². The van der Waals surface area contributed by atoms with Gasteiger partial charge < -0.3 is 23.7 Å². The molecule has 0 saturated carbocycles. The number of hydrogen-bond acceptors (Lipinski definition) is 11. The number of allylic oxidation sites excluding steroid dienone is 1. The molecule has 0 spiro atoms. The third-order valence-electron chi connectivity index (χ3n) is 7.65. The number of nitro groups is 1. The Morgan fingerprint density at radius 3 is 2.35 bits per heavy atom. The molecule has 2 heterocycles. The summed E-state index contributed by atoms with van der Waals surface area (Å²) in [5.41, 5.74) is 2.47. The number of nitrogens with zero attached hydrogens (tertiary/aromatic N) is 3. The molecule has 1 aliphatic rings. The van der Waals surface area contributed by atoms with Crippen LogP contribution < -0.4 is 33.8 Å². The highest BCUT2D eigenvalue weighted by Gasteiger charge is 2.36. The first-order chi connectivity index (χ1) is 23.2. The Balaban J connectivity index is 1.59. The molecule has 0 N–H and O–H groups in total. The SMILES string of the molecule is CCCC1=C(C(=O)OCC)[C@@H](c2cc(OC)ccc2OC)n2c(s/c(=C\c3ccc(OCc4ccc([N+](=O)[O-])cc4)c(OC)c3)c2=O)=N1. The van der Waals surface area contributed by atoms with Crippen LogP contribution in [0.25, 0.3) is 6.08 Å². The molecule has 0 fully saturated rings. The number of carbonyl (C=O) groups is 1. The van der Waals surface area contributed by atoms with Crippen molar-refractivity contribution in [1.82, 2.24) is 4.57 Å². The Labute approximate surface area is 280 Å². The normalized spacial score (nSPS) is 14.2. The lowest BCUT2D eigenvalue weighted by Crippen LogP contribution is -2.40. The van der Waals surface area contributed by atoms with Crippen molar-refractivity contribution in [2.75, 3.05) is 27.9 Å². The number of carbonyl (C=O) groups excluding carboxylic acids is 1. The van der Waals surface area contributed by atoms with E-state index in [1.54, 1.807) is 68.6 Å². The second-order valence-electron chi connectivity index (χ2n) is 10.6. The predicted molar refractivity (Wildman–Crippen MR) is 180 cm³/mol. The van der Waals surface area contributed by atoms with Crippen LogP contribution in [0.2, 0.25) is 0 Å². The fourth-order valence-electron chi connectivity index (χ4n) is 5.39. The molecule has 48 heavy (non-hydrogen) atoms. The average Bonchev–Trinajstić information content (AvgIpc) is 3.40. The second kappa shape index (κ2) is 15.0. The van der Waals surface area contributed by atoms with E-state index in [0.717, 1.165) is 12.0 Å². The molecular formula is C35H35N3O9S. The number of non-ortho nitro benzene ring substituents is 1. The van der Waals surface area contributed by atoms with Gasteiger partial charge in [0.25, 0.3) is 11.2 Å². The highest BCUT2D eigenvalue weighted by Crippen LogP contribution is 2.39. The number of ether oxygens (including phenoxy) is 5. The van der Waals surface area contributed by atoms with Gasteiger partial charge in [-0.05, 0) is 73.0 Å². The Hall–Kier alpha value is -5.43. The van der Waals surface area contributed by atoms with Crippen LogP contribution in [0.15, 0.2) is 81.7 Å². The van der Waals surface area contributed by atoms with Gasteiger partial charge in [0.05, 0.1) is 48.7 Å². The van der Waals surface area contributed by atoms with Gasteiger partial charge in [-0.25, -0.2) is 9.79 Å². The minimum Gasteiger partial charge on any atom is -0.497 e. The number of aromatic nitrogens is 1. The third-order valence-corrected chi connectivity index (χ3v) is 8.63. The lowest BCUT2D eigenvalue weighted by molar-refractivity contribution is -0.384. The van der Waals surface area contributed by atoms with Crippen molar-refractivity contribution in [3.05, 3.63) is 118 Å². The number of thiazole rings is 1. The van der Waals surface area contributed by atoms with E-state index in [4.69, 9.17) is 28.7 Å². The van der Waals surface area contributed by atoms with Crippen molar-refractivity contribution < 1.29 is 33.4 Å². The zero-order valence-corrected chi connectivity index (χ0v) is 28.0. The predicted octanol–water partition coefficient (Wildman–Crippen LogP) is 5.09. The summed E-state index contributed by atoms with van der Waals surface area (Å²) < 4.78 is 30.1. The molecule has 250 valence electrons. The number of methoxy groups -OCH3 is 3. The molecule has 4 aromatic rings. The van der Waals surface area contributed by atoms with Crippen LogP contribution >= 0.6 is 11.3 Å². The number of rotatable bonds is 13. The van der Waals surface area contributed by atoms with Crippen molar-refractivity contribution in [3.8, 4) is 23.0 Å². The van der Waals surface area contributed by atoms with Gasteiger partial charge in [-0.3, -0.25) is 19.5 Å². The maximum atomic E-state index is 14.2. The molecule has 1 atom stereocenters. The number of hydrogen-bond donors (Lipinski definition) is 0. The maximum absolute atomic E-state index is 14.2. The minimum absolute atomic E-state index is 0.00128. The maximum Gasteiger partial charge on any atom is 0.338 e. The Morgan fingerprint density at radius 1 is 0.979 bits per heavy atom. The second-order valence-corrected chi connectivity index (χ2v) is 11.7. The van der Waals surface area contributed by atoms with E-state index in [1.807, 2.05) is 6.92 Å². The molecular weight excluding hydrogens is 638 g/mol. The molecule has 12 nitrogen and oxygen atoms in total. The van der Waals surface area contributed by atoms with E-state index in [2.05, 4.69) is 0 Å². The molecule has 0 saturated heterocycles. The summed E-state index contributed by atoms with van der Waals surface area (Å²) in [7, 11) is 4.59. The van der Waals surface area contributed by atoms with Crippen LogP contribution in [-0.4, -0.2) is 43.4 Å². The van der Waals surface area contributed by atoms with Crippen molar-refractivity contribution in [3.63, 3.8) is 0 Å². The highest BCUT2D eigenvalue weighted by atomic mass is 32.1. The molecule has 5 rings (SSSR count). The van der Waals surface area contributed by atoms with Gasteiger partial charge in [-0.15, -0.1) is 0 Å². The van der Waals surface area contributed by atoms with Crippen LogP contribution in [0.4, 0.5) is 5.69 Å². The Kier molecular flexibility index (Phi) is 10.6. The van der Waals surface area contributed by atoms with Gasteiger partial charge in [0.1, 0.15) is 24.1 Å². The zero-order chi connectivity index (χ0) is 34.4. The molecule has 1 aliphatic heterocycles. The molecule has 1 aromatic heterocycles. The minimum atomic E-state index is -0.876. The number of nitro benzene ring substituents is 1. The summed E-state index contributed by atoms with van der Waals surface area (Å²) in [4.78, 5) is 43.5. The van der Waals surface area contributed by atoms with Crippen LogP contribution in [0.1, 0.15) is 49.4 Å². The van der Waals surface area contributed by atoms with Crippen LogP contribution in [0.3, 0.4) is 0 Å².